The monoisotopic (exact) mass is 270 g/mol. The van der Waals surface area contributed by atoms with Crippen LogP contribution in [-0.2, 0) is 6.61 Å². The number of nitrogens with zero attached hydrogens (tertiary/aromatic N) is 2. The Morgan fingerprint density at radius 3 is 2.70 bits per heavy atom. The Morgan fingerprint density at radius 2 is 1.95 bits per heavy atom. The molecule has 0 bridgehead atoms. The van der Waals surface area contributed by atoms with E-state index in [2.05, 4.69) is 4.98 Å². The van der Waals surface area contributed by atoms with Crippen molar-refractivity contribution in [2.75, 3.05) is 0 Å². The van der Waals surface area contributed by atoms with Crippen LogP contribution in [0.15, 0.2) is 54.9 Å². The summed E-state index contributed by atoms with van der Waals surface area (Å²) < 4.78 is 7.40. The highest BCUT2D eigenvalue weighted by atomic mass is 16.5. The number of aromatic nitrogens is 2. The summed E-state index contributed by atoms with van der Waals surface area (Å²) in [6, 6.07) is 13.4. The molecular formula is C15H14N2O3. The number of hydrogen-bond donors (Lipinski definition) is 2. The van der Waals surface area contributed by atoms with E-state index in [9.17, 15) is 0 Å². The zero-order valence-electron chi connectivity index (χ0n) is 10.7. The molecule has 0 atom stereocenters. The third-order valence-corrected chi connectivity index (χ3v) is 2.96. The molecule has 0 saturated heterocycles. The fraction of sp³-hybridized carbons (Fsp3) is 0.133. The van der Waals surface area contributed by atoms with E-state index >= 15 is 0 Å². The molecule has 0 spiro atoms. The van der Waals surface area contributed by atoms with Gasteiger partial charge in [-0.1, -0.05) is 30.3 Å². The van der Waals surface area contributed by atoms with Crippen LogP contribution in [0.4, 0.5) is 0 Å². The molecule has 2 N–H and O–H groups in total. The van der Waals surface area contributed by atoms with E-state index in [1.165, 1.54) is 0 Å². The molecule has 0 aliphatic heterocycles. The van der Waals surface area contributed by atoms with Crippen LogP contribution in [0, 0.1) is 0 Å². The minimum atomic E-state index is -1.57. The molecule has 20 heavy (non-hydrogen) atoms. The normalized spacial score (nSPS) is 11.2. The smallest absolute Gasteiger partial charge is 0.197 e. The van der Waals surface area contributed by atoms with Gasteiger partial charge in [0, 0.05) is 18.5 Å². The second-order valence-corrected chi connectivity index (χ2v) is 4.44. The predicted molar refractivity (Wildman–Crippen MR) is 73.1 cm³/mol. The lowest BCUT2D eigenvalue weighted by Gasteiger charge is -2.06. The summed E-state index contributed by atoms with van der Waals surface area (Å²) in [5.41, 5.74) is 1.91. The molecule has 3 aromatic rings. The minimum Gasteiger partial charge on any atom is -0.489 e. The number of aliphatic hydroxyl groups excluding tert-OH is 1. The predicted octanol–water partition coefficient (Wildman–Crippen LogP) is 1.90. The van der Waals surface area contributed by atoms with Crippen molar-refractivity contribution >= 4 is 5.65 Å². The van der Waals surface area contributed by atoms with Crippen molar-refractivity contribution in [2.45, 2.75) is 12.9 Å². The molecule has 1 aromatic carbocycles. The Morgan fingerprint density at radius 1 is 1.15 bits per heavy atom. The summed E-state index contributed by atoms with van der Waals surface area (Å²) in [7, 11) is 0. The molecule has 3 rings (SSSR count). The zero-order chi connectivity index (χ0) is 13.9. The molecule has 0 aliphatic rings. The van der Waals surface area contributed by atoms with Gasteiger partial charge in [-0.05, 0) is 11.6 Å². The van der Waals surface area contributed by atoms with Gasteiger partial charge in [-0.2, -0.15) is 0 Å². The van der Waals surface area contributed by atoms with Crippen molar-refractivity contribution in [3.63, 3.8) is 0 Å². The number of pyridine rings is 1. The summed E-state index contributed by atoms with van der Waals surface area (Å²) >= 11 is 0. The summed E-state index contributed by atoms with van der Waals surface area (Å²) in [4.78, 5) is 4.11. The van der Waals surface area contributed by atoms with E-state index in [4.69, 9.17) is 14.9 Å². The van der Waals surface area contributed by atoms with Crippen molar-refractivity contribution in [1.82, 2.24) is 9.38 Å². The lowest BCUT2D eigenvalue weighted by atomic mass is 10.2. The van der Waals surface area contributed by atoms with Gasteiger partial charge >= 0.3 is 0 Å². The molecule has 2 aromatic heterocycles. The van der Waals surface area contributed by atoms with Crippen molar-refractivity contribution in [3.05, 3.63) is 66.1 Å². The Bertz CT molecular complexity index is 707. The zero-order valence-corrected chi connectivity index (χ0v) is 10.7. The molecule has 0 fully saturated rings. The van der Waals surface area contributed by atoms with Crippen molar-refractivity contribution in [3.8, 4) is 5.75 Å². The molecule has 0 amide bonds. The van der Waals surface area contributed by atoms with Crippen LogP contribution < -0.4 is 4.74 Å². The molecule has 2 heterocycles. The molecule has 102 valence electrons. The van der Waals surface area contributed by atoms with Crippen LogP contribution in [0.2, 0.25) is 0 Å². The number of imidazole rings is 1. The molecule has 0 radical (unpaired) electrons. The second kappa shape index (κ2) is 5.32. The summed E-state index contributed by atoms with van der Waals surface area (Å²) in [6.45, 7) is 0.479. The summed E-state index contributed by atoms with van der Waals surface area (Å²) in [5.74, 6) is 0.686. The van der Waals surface area contributed by atoms with E-state index in [0.717, 1.165) is 5.56 Å². The van der Waals surface area contributed by atoms with Gasteiger partial charge in [0.25, 0.3) is 0 Å². The number of ether oxygens (including phenoxy) is 1. The fourth-order valence-corrected chi connectivity index (χ4v) is 1.94. The fourth-order valence-electron chi connectivity index (χ4n) is 1.94. The lowest BCUT2D eigenvalue weighted by Crippen LogP contribution is -1.95. The summed E-state index contributed by atoms with van der Waals surface area (Å²) in [5, 5.41) is 18.2. The van der Waals surface area contributed by atoms with Gasteiger partial charge < -0.3 is 19.4 Å². The van der Waals surface area contributed by atoms with E-state index in [0.29, 0.717) is 18.0 Å². The van der Waals surface area contributed by atoms with Gasteiger partial charge in [-0.25, -0.2) is 4.98 Å². The highest BCUT2D eigenvalue weighted by Crippen LogP contribution is 2.18. The van der Waals surface area contributed by atoms with Crippen LogP contribution in [0.1, 0.15) is 17.5 Å². The van der Waals surface area contributed by atoms with Crippen LogP contribution in [-0.4, -0.2) is 19.6 Å². The molecule has 0 saturated carbocycles. The number of aliphatic hydroxyl groups is 2. The number of fused-ring (bicyclic) bond motifs is 1. The Balaban J connectivity index is 1.78. The van der Waals surface area contributed by atoms with Gasteiger partial charge in [-0.15, -0.1) is 0 Å². The summed E-state index contributed by atoms with van der Waals surface area (Å²) in [6.07, 6.45) is 1.78. The topological polar surface area (TPSA) is 67.0 Å². The van der Waals surface area contributed by atoms with Gasteiger partial charge in [0.1, 0.15) is 23.7 Å². The molecule has 0 aliphatic carbocycles. The SMILES string of the molecule is OC(O)c1cn2ccc(OCc3ccccc3)cc2n1. The quantitative estimate of drug-likeness (QED) is 0.710. The maximum atomic E-state index is 9.09. The average molecular weight is 270 g/mol. The lowest BCUT2D eigenvalue weighted by molar-refractivity contribution is -0.0454. The van der Waals surface area contributed by atoms with E-state index in [1.54, 1.807) is 22.9 Å². The third kappa shape index (κ3) is 2.64. The van der Waals surface area contributed by atoms with Gasteiger partial charge in [0.05, 0.1) is 0 Å². The first-order valence-corrected chi connectivity index (χ1v) is 6.24. The van der Waals surface area contributed by atoms with Crippen LogP contribution >= 0.6 is 0 Å². The maximum absolute atomic E-state index is 9.09. The standard InChI is InChI=1S/C15H14N2O3/c18-15(19)13-9-17-7-6-12(8-14(17)16-13)20-10-11-4-2-1-3-5-11/h1-9,15,18-19H,10H2. The van der Waals surface area contributed by atoms with Gasteiger partial charge in [0.15, 0.2) is 6.29 Å². The van der Waals surface area contributed by atoms with E-state index < -0.39 is 6.29 Å². The van der Waals surface area contributed by atoms with E-state index in [-0.39, 0.29) is 5.69 Å². The highest BCUT2D eigenvalue weighted by Gasteiger charge is 2.08. The Hall–Kier alpha value is -2.37. The largest absolute Gasteiger partial charge is 0.489 e. The molecule has 5 nitrogen and oxygen atoms in total. The van der Waals surface area contributed by atoms with Crippen molar-refractivity contribution < 1.29 is 14.9 Å². The first-order valence-electron chi connectivity index (χ1n) is 6.24. The average Bonchev–Trinajstić information content (AvgIpc) is 2.89. The molecular weight excluding hydrogens is 256 g/mol. The number of rotatable bonds is 4. The van der Waals surface area contributed by atoms with Crippen molar-refractivity contribution in [2.24, 2.45) is 0 Å². The first-order chi connectivity index (χ1) is 9.72. The van der Waals surface area contributed by atoms with E-state index in [1.807, 2.05) is 36.4 Å². The molecule has 0 unspecified atom stereocenters. The Labute approximate surface area is 115 Å². The van der Waals surface area contributed by atoms with Crippen molar-refractivity contribution in [1.29, 1.82) is 0 Å². The highest BCUT2D eigenvalue weighted by molar-refractivity contribution is 5.45. The molecule has 5 heteroatoms. The minimum absolute atomic E-state index is 0.213. The second-order valence-electron chi connectivity index (χ2n) is 4.44. The third-order valence-electron chi connectivity index (χ3n) is 2.96. The van der Waals surface area contributed by atoms with Crippen LogP contribution in [0.5, 0.6) is 5.75 Å². The Kier molecular flexibility index (Phi) is 3.37. The van der Waals surface area contributed by atoms with Gasteiger partial charge in [0.2, 0.25) is 0 Å². The number of benzene rings is 1. The van der Waals surface area contributed by atoms with Gasteiger partial charge in [-0.3, -0.25) is 0 Å². The maximum Gasteiger partial charge on any atom is 0.197 e. The van der Waals surface area contributed by atoms with Crippen LogP contribution in [0.25, 0.3) is 5.65 Å². The first kappa shape index (κ1) is 12.7. The number of hydrogen-bond acceptors (Lipinski definition) is 4. The van der Waals surface area contributed by atoms with Crippen LogP contribution in [0.3, 0.4) is 0 Å².